The fraction of sp³-hybridized carbons (Fsp3) is 0.0769. The summed E-state index contributed by atoms with van der Waals surface area (Å²) >= 11 is 0. The molecule has 0 radical (unpaired) electrons. The molecular weight excluding hydrogens is 175 g/mol. The Balaban J connectivity index is 3.05. The topological polar surface area (TPSA) is 0 Å². The molecule has 0 amide bonds. The van der Waals surface area contributed by atoms with Gasteiger partial charge in [0.25, 0.3) is 0 Å². The summed E-state index contributed by atoms with van der Waals surface area (Å²) in [4.78, 5) is 0. The molecule has 0 aliphatic rings. The van der Waals surface area contributed by atoms with Gasteiger partial charge in [-0.3, -0.25) is 0 Å². The summed E-state index contributed by atoms with van der Waals surface area (Å²) in [6.07, 6.45) is 7.53. The Bertz CT molecular complexity index is 355. The first-order valence-corrected chi connectivity index (χ1v) is 4.49. The molecule has 0 N–H and O–H groups in total. The van der Waals surface area contributed by atoms with Crippen molar-refractivity contribution in [3.8, 4) is 0 Å². The molecule has 14 heavy (non-hydrogen) atoms. The second-order valence-corrected chi connectivity index (χ2v) is 2.86. The van der Waals surface area contributed by atoms with Crippen LogP contribution >= 0.6 is 0 Å². The van der Waals surface area contributed by atoms with Crippen LogP contribution in [0.1, 0.15) is 12.5 Å². The zero-order chi connectivity index (χ0) is 10.4. The molecule has 1 rings (SSSR count). The molecule has 0 fully saturated rings. The Morgan fingerprint density at radius 2 is 1.93 bits per heavy atom. The molecule has 0 saturated heterocycles. The predicted molar refractivity (Wildman–Crippen MR) is 59.4 cm³/mol. The third-order valence-corrected chi connectivity index (χ3v) is 1.82. The van der Waals surface area contributed by atoms with Crippen molar-refractivity contribution in [2.24, 2.45) is 0 Å². The van der Waals surface area contributed by atoms with Crippen LogP contribution in [-0.2, 0) is 0 Å². The number of benzene rings is 1. The molecule has 0 saturated carbocycles. The van der Waals surface area contributed by atoms with Gasteiger partial charge in [0.15, 0.2) is 0 Å². The number of rotatable bonds is 3. The van der Waals surface area contributed by atoms with Gasteiger partial charge in [-0.05, 0) is 30.2 Å². The highest BCUT2D eigenvalue weighted by molar-refractivity contribution is 5.74. The highest BCUT2D eigenvalue weighted by Gasteiger charge is 1.96. The van der Waals surface area contributed by atoms with Crippen molar-refractivity contribution in [2.45, 2.75) is 6.92 Å². The van der Waals surface area contributed by atoms with Crippen molar-refractivity contribution in [2.75, 3.05) is 0 Å². The average molecular weight is 188 g/mol. The van der Waals surface area contributed by atoms with E-state index in [-0.39, 0.29) is 5.82 Å². The monoisotopic (exact) mass is 188 g/mol. The van der Waals surface area contributed by atoms with E-state index in [0.29, 0.717) is 0 Å². The molecule has 0 bridgehead atoms. The fourth-order valence-electron chi connectivity index (χ4n) is 1.20. The van der Waals surface area contributed by atoms with Crippen LogP contribution in [0.4, 0.5) is 4.39 Å². The van der Waals surface area contributed by atoms with E-state index in [9.17, 15) is 4.39 Å². The van der Waals surface area contributed by atoms with Crippen LogP contribution < -0.4 is 0 Å². The van der Waals surface area contributed by atoms with E-state index >= 15 is 0 Å². The second-order valence-electron chi connectivity index (χ2n) is 2.86. The molecule has 0 spiro atoms. The van der Waals surface area contributed by atoms with E-state index in [1.165, 1.54) is 12.1 Å². The van der Waals surface area contributed by atoms with Crippen LogP contribution in [0.25, 0.3) is 5.57 Å². The minimum Gasteiger partial charge on any atom is -0.207 e. The molecule has 0 heterocycles. The van der Waals surface area contributed by atoms with Crippen LogP contribution in [0, 0.1) is 5.82 Å². The van der Waals surface area contributed by atoms with Crippen LogP contribution in [0.2, 0.25) is 0 Å². The standard InChI is InChI=1S/C13H13F/c1-3-5-11(6-4-2)12-7-9-13(14)10-8-12/h3-10H,1H2,2H3/b6-4-,11-5+. The summed E-state index contributed by atoms with van der Waals surface area (Å²) < 4.78 is 12.7. The molecule has 0 unspecified atom stereocenters. The minimum atomic E-state index is -0.216. The van der Waals surface area contributed by atoms with Crippen molar-refractivity contribution in [3.63, 3.8) is 0 Å². The molecule has 1 heteroatoms. The first-order valence-electron chi connectivity index (χ1n) is 4.49. The number of halogens is 1. The van der Waals surface area contributed by atoms with Gasteiger partial charge in [0, 0.05) is 0 Å². The Hall–Kier alpha value is -1.63. The van der Waals surface area contributed by atoms with Crippen LogP contribution in [0.5, 0.6) is 0 Å². The SMILES string of the molecule is C=C/C=C(\C=C/C)c1ccc(F)cc1. The van der Waals surface area contributed by atoms with Gasteiger partial charge in [0.05, 0.1) is 0 Å². The van der Waals surface area contributed by atoms with Crippen molar-refractivity contribution in [1.82, 2.24) is 0 Å². The summed E-state index contributed by atoms with van der Waals surface area (Å²) in [7, 11) is 0. The maximum atomic E-state index is 12.7. The molecule has 72 valence electrons. The fourth-order valence-corrected chi connectivity index (χ4v) is 1.20. The van der Waals surface area contributed by atoms with Gasteiger partial charge in [0.1, 0.15) is 5.82 Å². The number of hydrogen-bond donors (Lipinski definition) is 0. The van der Waals surface area contributed by atoms with Gasteiger partial charge >= 0.3 is 0 Å². The van der Waals surface area contributed by atoms with Crippen molar-refractivity contribution in [1.29, 1.82) is 0 Å². The Morgan fingerprint density at radius 3 is 2.43 bits per heavy atom. The van der Waals surface area contributed by atoms with Crippen molar-refractivity contribution in [3.05, 3.63) is 66.5 Å². The number of allylic oxidation sites excluding steroid dienone is 5. The van der Waals surface area contributed by atoms with Gasteiger partial charge in [-0.2, -0.15) is 0 Å². The van der Waals surface area contributed by atoms with Gasteiger partial charge in [-0.25, -0.2) is 4.39 Å². The Morgan fingerprint density at radius 1 is 1.29 bits per heavy atom. The summed E-state index contributed by atoms with van der Waals surface area (Å²) in [6, 6.07) is 6.42. The maximum Gasteiger partial charge on any atom is 0.123 e. The molecular formula is C13H13F. The average Bonchev–Trinajstić information content (AvgIpc) is 2.19. The van der Waals surface area contributed by atoms with Crippen molar-refractivity contribution < 1.29 is 4.39 Å². The highest BCUT2D eigenvalue weighted by Crippen LogP contribution is 2.16. The summed E-state index contributed by atoms with van der Waals surface area (Å²) in [5.74, 6) is -0.216. The lowest BCUT2D eigenvalue weighted by molar-refractivity contribution is 0.627. The van der Waals surface area contributed by atoms with Crippen LogP contribution in [0.3, 0.4) is 0 Å². The summed E-state index contributed by atoms with van der Waals surface area (Å²) in [6.45, 7) is 5.59. The van der Waals surface area contributed by atoms with Crippen LogP contribution in [-0.4, -0.2) is 0 Å². The second kappa shape index (κ2) is 5.18. The minimum absolute atomic E-state index is 0.216. The summed E-state index contributed by atoms with van der Waals surface area (Å²) in [5, 5.41) is 0. The van der Waals surface area contributed by atoms with Crippen LogP contribution in [0.15, 0.2) is 55.1 Å². The first-order chi connectivity index (χ1) is 6.77. The van der Waals surface area contributed by atoms with Crippen molar-refractivity contribution >= 4 is 5.57 Å². The quantitative estimate of drug-likeness (QED) is 0.629. The molecule has 0 aromatic heterocycles. The Labute approximate surface area is 84.1 Å². The highest BCUT2D eigenvalue weighted by atomic mass is 19.1. The molecule has 0 atom stereocenters. The van der Waals surface area contributed by atoms with E-state index in [1.807, 2.05) is 25.2 Å². The van der Waals surface area contributed by atoms with E-state index in [4.69, 9.17) is 0 Å². The molecule has 0 aliphatic carbocycles. The molecule has 1 aromatic rings. The number of hydrogen-bond acceptors (Lipinski definition) is 0. The lowest BCUT2D eigenvalue weighted by Crippen LogP contribution is -1.81. The third-order valence-electron chi connectivity index (χ3n) is 1.82. The Kier molecular flexibility index (Phi) is 3.86. The van der Waals surface area contributed by atoms with Gasteiger partial charge in [0.2, 0.25) is 0 Å². The molecule has 0 aliphatic heterocycles. The van der Waals surface area contributed by atoms with E-state index in [1.54, 1.807) is 18.2 Å². The van der Waals surface area contributed by atoms with E-state index in [0.717, 1.165) is 11.1 Å². The third kappa shape index (κ3) is 2.70. The predicted octanol–water partition coefficient (Wildman–Crippen LogP) is 3.97. The largest absolute Gasteiger partial charge is 0.207 e. The zero-order valence-corrected chi connectivity index (χ0v) is 8.20. The molecule has 0 nitrogen and oxygen atoms in total. The van der Waals surface area contributed by atoms with E-state index < -0.39 is 0 Å². The van der Waals surface area contributed by atoms with E-state index in [2.05, 4.69) is 6.58 Å². The smallest absolute Gasteiger partial charge is 0.123 e. The zero-order valence-electron chi connectivity index (χ0n) is 8.20. The lowest BCUT2D eigenvalue weighted by atomic mass is 10.1. The molecule has 1 aromatic carbocycles. The van der Waals surface area contributed by atoms with Gasteiger partial charge in [-0.15, -0.1) is 0 Å². The van der Waals surface area contributed by atoms with Gasteiger partial charge < -0.3 is 0 Å². The normalized spacial score (nSPS) is 12.0. The summed E-state index contributed by atoms with van der Waals surface area (Å²) in [5.41, 5.74) is 2.02. The van der Waals surface area contributed by atoms with Gasteiger partial charge in [-0.1, -0.05) is 43.0 Å². The maximum absolute atomic E-state index is 12.7. The first kappa shape index (κ1) is 10.5. The lowest BCUT2D eigenvalue weighted by Gasteiger charge is -2.00.